The van der Waals surface area contributed by atoms with Crippen LogP contribution in [-0.4, -0.2) is 46.3 Å². The minimum atomic E-state index is -5.41. The Balaban J connectivity index is 2.59. The number of unbranched alkanes of at least 4 members (excludes halogenated alkanes) is 1. The molecule has 0 aliphatic rings. The summed E-state index contributed by atoms with van der Waals surface area (Å²) < 4.78 is 35.8. The van der Waals surface area contributed by atoms with Crippen LogP contribution in [0.2, 0.25) is 0 Å². The molecule has 2 rings (SSSR count). The van der Waals surface area contributed by atoms with E-state index in [1.54, 1.807) is 12.1 Å². The molecule has 0 spiro atoms. The molecule has 0 aliphatic heterocycles. The van der Waals surface area contributed by atoms with Gasteiger partial charge in [0.15, 0.2) is 0 Å². The van der Waals surface area contributed by atoms with Crippen molar-refractivity contribution in [2.24, 2.45) is 0 Å². The van der Waals surface area contributed by atoms with E-state index in [1.165, 1.54) is 20.1 Å². The third-order valence-corrected chi connectivity index (χ3v) is 6.28. The number of amides is 1. The van der Waals surface area contributed by atoms with Gasteiger partial charge in [0.05, 0.1) is 0 Å². The van der Waals surface area contributed by atoms with E-state index >= 15 is 0 Å². The van der Waals surface area contributed by atoms with Gasteiger partial charge in [-0.15, -0.1) is 0 Å². The third kappa shape index (κ3) is 5.50. The van der Waals surface area contributed by atoms with Gasteiger partial charge in [-0.05, 0) is 0 Å². The van der Waals surface area contributed by atoms with Crippen molar-refractivity contribution in [2.45, 2.75) is 33.1 Å². The molecular weight excluding hydrogens is 441 g/mol. The molecule has 0 fully saturated rings. The van der Waals surface area contributed by atoms with Gasteiger partial charge in [0, 0.05) is 0 Å². The van der Waals surface area contributed by atoms with Crippen molar-refractivity contribution >= 4 is 35.9 Å². The molecule has 0 unspecified atom stereocenters. The van der Waals surface area contributed by atoms with Crippen LogP contribution in [0.25, 0.3) is 0 Å². The third-order valence-electron chi connectivity index (χ3n) is 4.33. The molecule has 156 valence electrons. The molecule has 9 heteroatoms. The SMILES string of the molecule is CCCCc1cc(C(=O)c2cc([As](=O)(O)O)cc(NC(C)=O)c2O)ccc1OC. The van der Waals surface area contributed by atoms with Crippen molar-refractivity contribution < 1.29 is 31.4 Å². The molecule has 0 aliphatic carbocycles. The maximum atomic E-state index is 13.1. The van der Waals surface area contributed by atoms with Gasteiger partial charge in [-0.25, -0.2) is 0 Å². The second-order valence-corrected chi connectivity index (χ2v) is 9.94. The zero-order chi connectivity index (χ0) is 21.8. The molecule has 8 nitrogen and oxygen atoms in total. The van der Waals surface area contributed by atoms with Gasteiger partial charge in [0.25, 0.3) is 0 Å². The monoisotopic (exact) mass is 465 g/mol. The molecule has 0 atom stereocenters. The molecule has 0 heterocycles. The summed E-state index contributed by atoms with van der Waals surface area (Å²) >= 11 is -5.41. The average Bonchev–Trinajstić information content (AvgIpc) is 2.65. The number of benzene rings is 2. The number of phenolic OH excluding ortho intramolecular Hbond substituents is 1. The number of carbonyl (C=O) groups excluding carboxylic acids is 2. The van der Waals surface area contributed by atoms with Gasteiger partial charge < -0.3 is 0 Å². The zero-order valence-electron chi connectivity index (χ0n) is 16.4. The molecule has 0 bridgehead atoms. The fourth-order valence-electron chi connectivity index (χ4n) is 2.88. The van der Waals surface area contributed by atoms with Crippen molar-refractivity contribution in [3.63, 3.8) is 0 Å². The van der Waals surface area contributed by atoms with Crippen LogP contribution in [0.1, 0.15) is 48.2 Å². The number of anilines is 1. The molecule has 0 saturated heterocycles. The van der Waals surface area contributed by atoms with Crippen LogP contribution >= 0.6 is 0 Å². The van der Waals surface area contributed by atoms with E-state index in [0.29, 0.717) is 12.2 Å². The minimum absolute atomic E-state index is 0.233. The number of methoxy groups -OCH3 is 1. The number of nitrogens with one attached hydrogen (secondary N) is 1. The number of ketones is 1. The Morgan fingerprint density at radius 1 is 1.17 bits per heavy atom. The fourth-order valence-corrected chi connectivity index (χ4v) is 4.13. The number of carbonyl (C=O) groups is 2. The second-order valence-electron chi connectivity index (χ2n) is 6.57. The average molecular weight is 465 g/mol. The topological polar surface area (TPSA) is 133 Å². The summed E-state index contributed by atoms with van der Waals surface area (Å²) in [6, 6.07) is 6.75. The van der Waals surface area contributed by atoms with E-state index in [-0.39, 0.29) is 16.8 Å². The number of ether oxygens (including phenoxy) is 1. The van der Waals surface area contributed by atoms with Gasteiger partial charge in [0.2, 0.25) is 0 Å². The van der Waals surface area contributed by atoms with Gasteiger partial charge in [-0.3, -0.25) is 0 Å². The van der Waals surface area contributed by atoms with Crippen molar-refractivity contribution in [1.29, 1.82) is 0 Å². The second kappa shape index (κ2) is 9.30. The first-order valence-electron chi connectivity index (χ1n) is 9.00. The van der Waals surface area contributed by atoms with E-state index in [2.05, 4.69) is 5.32 Å². The summed E-state index contributed by atoms with van der Waals surface area (Å²) in [4.78, 5) is 24.4. The van der Waals surface area contributed by atoms with E-state index in [9.17, 15) is 26.6 Å². The zero-order valence-corrected chi connectivity index (χ0v) is 18.3. The first-order chi connectivity index (χ1) is 13.6. The molecular formula is C20H24AsNO7. The summed E-state index contributed by atoms with van der Waals surface area (Å²) in [6.07, 6.45) is 2.53. The molecule has 0 saturated carbocycles. The Kier molecular flexibility index (Phi) is 7.30. The quantitative estimate of drug-likeness (QED) is 0.264. The Labute approximate surface area is 171 Å². The van der Waals surface area contributed by atoms with Crippen molar-refractivity contribution in [2.75, 3.05) is 12.4 Å². The van der Waals surface area contributed by atoms with Crippen LogP contribution in [0.3, 0.4) is 0 Å². The molecule has 1 amide bonds. The molecule has 0 aromatic heterocycles. The van der Waals surface area contributed by atoms with Crippen molar-refractivity contribution in [3.8, 4) is 11.5 Å². The van der Waals surface area contributed by atoms with Crippen molar-refractivity contribution in [1.82, 2.24) is 0 Å². The van der Waals surface area contributed by atoms with E-state index in [4.69, 9.17) is 4.74 Å². The molecule has 2 aromatic carbocycles. The summed E-state index contributed by atoms with van der Waals surface area (Å²) in [5.41, 5.74) is 0.513. The van der Waals surface area contributed by atoms with E-state index in [0.717, 1.165) is 30.5 Å². The standard InChI is InChI=1S/C20H24AsNO7/c1-4-5-6-13-9-14(7-8-18(13)29-3)19(24)16-10-15(21(26,27)28)11-17(20(16)25)22-12(2)23/h7-11,25H,4-6H2,1-3H3,(H,22,23)(H2,26,27,28). The predicted octanol–water partition coefficient (Wildman–Crippen LogP) is 1.49. The van der Waals surface area contributed by atoms with Crippen LogP contribution in [0.4, 0.5) is 5.69 Å². The Morgan fingerprint density at radius 3 is 2.41 bits per heavy atom. The van der Waals surface area contributed by atoms with Crippen LogP contribution < -0.4 is 14.4 Å². The van der Waals surface area contributed by atoms with E-state index < -0.39 is 36.0 Å². The fraction of sp³-hybridized carbons (Fsp3) is 0.300. The van der Waals surface area contributed by atoms with Gasteiger partial charge >= 0.3 is 171 Å². The van der Waals surface area contributed by atoms with Crippen molar-refractivity contribution in [3.05, 3.63) is 47.0 Å². The maximum absolute atomic E-state index is 13.1. The molecule has 4 N–H and O–H groups in total. The number of phenols is 1. The molecule has 29 heavy (non-hydrogen) atoms. The normalized spacial score (nSPS) is 11.2. The summed E-state index contributed by atoms with van der Waals surface area (Å²) in [5, 5.41) is 12.8. The first-order valence-corrected chi connectivity index (χ1v) is 12.4. The Morgan fingerprint density at radius 2 is 1.86 bits per heavy atom. The number of rotatable bonds is 8. The van der Waals surface area contributed by atoms with Crippen LogP contribution in [-0.2, 0) is 15.0 Å². The van der Waals surface area contributed by atoms with Crippen LogP contribution in [0.15, 0.2) is 30.3 Å². The van der Waals surface area contributed by atoms with Gasteiger partial charge in [-0.2, -0.15) is 0 Å². The predicted molar refractivity (Wildman–Crippen MR) is 108 cm³/mol. The van der Waals surface area contributed by atoms with Crippen LogP contribution in [0.5, 0.6) is 11.5 Å². The summed E-state index contributed by atoms with van der Waals surface area (Å²) in [7, 11) is 1.53. The van der Waals surface area contributed by atoms with E-state index in [1.807, 2.05) is 6.92 Å². The number of hydrogen-bond acceptors (Lipinski definition) is 5. The van der Waals surface area contributed by atoms with Gasteiger partial charge in [-0.1, -0.05) is 0 Å². The number of hydrogen-bond donors (Lipinski definition) is 4. The molecule has 0 radical (unpaired) electrons. The first kappa shape index (κ1) is 22.7. The summed E-state index contributed by atoms with van der Waals surface area (Å²) in [6.45, 7) is 3.22. The van der Waals surface area contributed by atoms with Crippen LogP contribution in [0, 0.1) is 0 Å². The Hall–Kier alpha value is -2.54. The molecule has 2 aromatic rings. The number of aryl methyl sites for hydroxylation is 1. The Bertz CT molecular complexity index is 981. The van der Waals surface area contributed by atoms with Gasteiger partial charge in [0.1, 0.15) is 0 Å². The number of aromatic hydroxyl groups is 1. The summed E-state index contributed by atoms with van der Waals surface area (Å²) in [5.74, 6) is -1.10.